The molecule has 19 heavy (non-hydrogen) atoms. The summed E-state index contributed by atoms with van der Waals surface area (Å²) in [5.74, 6) is 0. The number of likely N-dealkylation sites (N-methyl/N-ethyl adjacent to an activating group) is 1. The van der Waals surface area contributed by atoms with Gasteiger partial charge in [-0.05, 0) is 37.7 Å². The largest absolute Gasteiger partial charge is 0.387 e. The van der Waals surface area contributed by atoms with E-state index in [4.69, 9.17) is 5.73 Å². The highest BCUT2D eigenvalue weighted by molar-refractivity contribution is 5.24. The van der Waals surface area contributed by atoms with Crippen molar-refractivity contribution in [3.8, 4) is 0 Å². The lowest BCUT2D eigenvalue weighted by Crippen LogP contribution is -2.32. The van der Waals surface area contributed by atoms with Crippen molar-refractivity contribution in [3.05, 3.63) is 35.4 Å². The Morgan fingerprint density at radius 3 is 2.58 bits per heavy atom. The van der Waals surface area contributed by atoms with Gasteiger partial charge in [0.05, 0.1) is 6.10 Å². The number of aliphatic hydroxyl groups excluding tert-OH is 1. The zero-order valence-corrected chi connectivity index (χ0v) is 11.8. The van der Waals surface area contributed by atoms with E-state index in [1.807, 2.05) is 24.3 Å². The highest BCUT2D eigenvalue weighted by atomic mass is 16.3. The molecule has 1 atom stereocenters. The topological polar surface area (TPSA) is 52.7 Å². The van der Waals surface area contributed by atoms with Crippen LogP contribution in [0.5, 0.6) is 0 Å². The van der Waals surface area contributed by atoms with Crippen LogP contribution in [-0.4, -0.2) is 54.7 Å². The second-order valence-corrected chi connectivity index (χ2v) is 5.42. The smallest absolute Gasteiger partial charge is 0.0916 e. The van der Waals surface area contributed by atoms with Crippen molar-refractivity contribution in [2.45, 2.75) is 19.1 Å². The van der Waals surface area contributed by atoms with E-state index in [9.17, 15) is 5.11 Å². The van der Waals surface area contributed by atoms with Crippen molar-refractivity contribution >= 4 is 0 Å². The van der Waals surface area contributed by atoms with Crippen molar-refractivity contribution in [1.82, 2.24) is 9.80 Å². The third-order valence-electron chi connectivity index (χ3n) is 3.84. The molecule has 2 rings (SSSR count). The van der Waals surface area contributed by atoms with E-state index in [1.54, 1.807) is 0 Å². The average Bonchev–Trinajstić information content (AvgIpc) is 2.64. The van der Waals surface area contributed by atoms with E-state index in [0.29, 0.717) is 6.54 Å². The first-order valence-corrected chi connectivity index (χ1v) is 7.07. The first kappa shape index (κ1) is 14.5. The minimum atomic E-state index is -0.407. The van der Waals surface area contributed by atoms with E-state index in [-0.39, 0.29) is 0 Å². The molecular weight excluding hydrogens is 238 g/mol. The molecule has 1 aromatic carbocycles. The molecule has 0 spiro atoms. The van der Waals surface area contributed by atoms with Crippen LogP contribution in [0.25, 0.3) is 0 Å². The number of nitrogens with zero attached hydrogens (tertiary/aromatic N) is 2. The number of benzene rings is 1. The number of hydrogen-bond donors (Lipinski definition) is 2. The molecular formula is C15H25N3O. The quantitative estimate of drug-likeness (QED) is 0.844. The van der Waals surface area contributed by atoms with E-state index in [2.05, 4.69) is 16.8 Å². The Kier molecular flexibility index (Phi) is 5.34. The fourth-order valence-electron chi connectivity index (χ4n) is 2.51. The zero-order chi connectivity index (χ0) is 13.7. The summed E-state index contributed by atoms with van der Waals surface area (Å²) < 4.78 is 0. The maximum Gasteiger partial charge on any atom is 0.0916 e. The molecule has 0 radical (unpaired) electrons. The SMILES string of the molecule is CN1CCCN(CC(O)c2ccc(CN)cc2)CC1. The van der Waals surface area contributed by atoms with Crippen molar-refractivity contribution in [2.75, 3.05) is 39.8 Å². The number of rotatable bonds is 4. The molecule has 1 saturated heterocycles. The van der Waals surface area contributed by atoms with Gasteiger partial charge in [0.2, 0.25) is 0 Å². The third kappa shape index (κ3) is 4.28. The normalized spacial score (nSPS) is 20.2. The number of hydrogen-bond acceptors (Lipinski definition) is 4. The maximum atomic E-state index is 10.3. The fourth-order valence-corrected chi connectivity index (χ4v) is 2.51. The van der Waals surface area contributed by atoms with Gasteiger partial charge in [0, 0.05) is 26.2 Å². The number of aliphatic hydroxyl groups is 1. The van der Waals surface area contributed by atoms with Crippen LogP contribution >= 0.6 is 0 Å². The van der Waals surface area contributed by atoms with Gasteiger partial charge in [0.15, 0.2) is 0 Å². The molecule has 1 heterocycles. The Bertz CT molecular complexity index is 379. The van der Waals surface area contributed by atoms with Crippen LogP contribution in [0.15, 0.2) is 24.3 Å². The zero-order valence-electron chi connectivity index (χ0n) is 11.8. The molecule has 1 aromatic rings. The summed E-state index contributed by atoms with van der Waals surface area (Å²) in [7, 11) is 2.16. The lowest BCUT2D eigenvalue weighted by Gasteiger charge is -2.23. The Hall–Kier alpha value is -0.940. The van der Waals surface area contributed by atoms with Gasteiger partial charge in [-0.3, -0.25) is 4.90 Å². The van der Waals surface area contributed by atoms with Gasteiger partial charge >= 0.3 is 0 Å². The van der Waals surface area contributed by atoms with Crippen LogP contribution in [0.4, 0.5) is 0 Å². The summed E-state index contributed by atoms with van der Waals surface area (Å²) in [5.41, 5.74) is 7.67. The summed E-state index contributed by atoms with van der Waals surface area (Å²) in [6.07, 6.45) is 0.769. The summed E-state index contributed by atoms with van der Waals surface area (Å²) in [5, 5.41) is 10.3. The molecule has 0 bridgehead atoms. The second kappa shape index (κ2) is 7.01. The van der Waals surface area contributed by atoms with Gasteiger partial charge in [-0.25, -0.2) is 0 Å². The predicted octanol–water partition coefficient (Wildman–Crippen LogP) is 0.816. The van der Waals surface area contributed by atoms with Crippen molar-refractivity contribution in [2.24, 2.45) is 5.73 Å². The van der Waals surface area contributed by atoms with Gasteiger partial charge in [0.1, 0.15) is 0 Å². The number of β-amino-alcohol motifs (C(OH)–C–C–N with tert-alkyl or cyclic N) is 1. The van der Waals surface area contributed by atoms with Gasteiger partial charge in [0.25, 0.3) is 0 Å². The summed E-state index contributed by atoms with van der Waals surface area (Å²) in [6.45, 7) is 5.61. The highest BCUT2D eigenvalue weighted by Crippen LogP contribution is 2.16. The molecule has 0 aromatic heterocycles. The number of nitrogens with two attached hydrogens (primary N) is 1. The monoisotopic (exact) mass is 263 g/mol. The highest BCUT2D eigenvalue weighted by Gasteiger charge is 2.16. The molecule has 1 unspecified atom stereocenters. The standard InChI is InChI=1S/C15H25N3O/c1-17-7-2-8-18(10-9-17)12-15(19)14-5-3-13(11-16)4-6-14/h3-6,15,19H,2,7-12,16H2,1H3. The van der Waals surface area contributed by atoms with Crippen molar-refractivity contribution in [3.63, 3.8) is 0 Å². The average molecular weight is 263 g/mol. The van der Waals surface area contributed by atoms with E-state index in [1.165, 1.54) is 6.42 Å². The molecule has 4 nitrogen and oxygen atoms in total. The summed E-state index contributed by atoms with van der Waals surface area (Å²) in [6, 6.07) is 7.96. The first-order chi connectivity index (χ1) is 9.19. The van der Waals surface area contributed by atoms with Crippen LogP contribution in [-0.2, 0) is 6.54 Å². The van der Waals surface area contributed by atoms with Crippen LogP contribution in [0, 0.1) is 0 Å². The molecule has 0 aliphatic carbocycles. The van der Waals surface area contributed by atoms with Gasteiger partial charge in [-0.15, -0.1) is 0 Å². The molecule has 106 valence electrons. The lowest BCUT2D eigenvalue weighted by molar-refractivity contribution is 0.115. The Morgan fingerprint density at radius 2 is 1.89 bits per heavy atom. The third-order valence-corrected chi connectivity index (χ3v) is 3.84. The fraction of sp³-hybridized carbons (Fsp3) is 0.600. The van der Waals surface area contributed by atoms with E-state index >= 15 is 0 Å². The molecule has 1 aliphatic heterocycles. The van der Waals surface area contributed by atoms with Crippen molar-refractivity contribution in [1.29, 1.82) is 0 Å². The van der Waals surface area contributed by atoms with Crippen LogP contribution in [0.3, 0.4) is 0 Å². The molecule has 4 heteroatoms. The van der Waals surface area contributed by atoms with Gasteiger partial charge in [-0.2, -0.15) is 0 Å². The van der Waals surface area contributed by atoms with Gasteiger partial charge < -0.3 is 15.7 Å². The summed E-state index contributed by atoms with van der Waals surface area (Å²) >= 11 is 0. The molecule has 3 N–H and O–H groups in total. The molecule has 1 aliphatic rings. The molecule has 0 saturated carbocycles. The Labute approximate surface area is 115 Å². The lowest BCUT2D eigenvalue weighted by atomic mass is 10.1. The maximum absolute atomic E-state index is 10.3. The molecule has 1 fully saturated rings. The van der Waals surface area contributed by atoms with Crippen molar-refractivity contribution < 1.29 is 5.11 Å². The van der Waals surface area contributed by atoms with Gasteiger partial charge in [-0.1, -0.05) is 24.3 Å². The van der Waals surface area contributed by atoms with Crippen LogP contribution in [0.2, 0.25) is 0 Å². The predicted molar refractivity (Wildman–Crippen MR) is 77.8 cm³/mol. The first-order valence-electron chi connectivity index (χ1n) is 7.07. The Morgan fingerprint density at radius 1 is 1.16 bits per heavy atom. The minimum absolute atomic E-state index is 0.407. The second-order valence-electron chi connectivity index (χ2n) is 5.42. The van der Waals surface area contributed by atoms with Crippen LogP contribution < -0.4 is 5.73 Å². The van der Waals surface area contributed by atoms with E-state index < -0.39 is 6.10 Å². The van der Waals surface area contributed by atoms with Crippen LogP contribution in [0.1, 0.15) is 23.7 Å². The molecule has 0 amide bonds. The minimum Gasteiger partial charge on any atom is -0.387 e. The van der Waals surface area contributed by atoms with E-state index in [0.717, 1.165) is 43.9 Å². The summed E-state index contributed by atoms with van der Waals surface area (Å²) in [4.78, 5) is 4.70. The Balaban J connectivity index is 1.90.